The number of benzene rings is 1. The monoisotopic (exact) mass is 296 g/mol. The summed E-state index contributed by atoms with van der Waals surface area (Å²) >= 11 is 11.8. The van der Waals surface area contributed by atoms with Gasteiger partial charge in [0, 0.05) is 10.6 Å². The molecule has 1 aromatic heterocycles. The van der Waals surface area contributed by atoms with E-state index in [0.29, 0.717) is 10.7 Å². The van der Waals surface area contributed by atoms with E-state index in [2.05, 4.69) is 4.98 Å². The largest absolute Gasteiger partial charge is 0.476 e. The molecule has 0 saturated carbocycles. The SMILES string of the molecule is Cc1cc(-c2cc(N)c(Cl)c(C(=O)O)n2)ccc1Cl. The summed E-state index contributed by atoms with van der Waals surface area (Å²) in [6, 6.07) is 6.82. The highest BCUT2D eigenvalue weighted by Gasteiger charge is 2.16. The van der Waals surface area contributed by atoms with Crippen LogP contribution < -0.4 is 5.73 Å². The highest BCUT2D eigenvalue weighted by Crippen LogP contribution is 2.29. The van der Waals surface area contributed by atoms with Gasteiger partial charge in [-0.2, -0.15) is 0 Å². The van der Waals surface area contributed by atoms with Crippen LogP contribution in [-0.4, -0.2) is 16.1 Å². The van der Waals surface area contributed by atoms with E-state index in [1.165, 1.54) is 6.07 Å². The Morgan fingerprint density at radius 2 is 2.00 bits per heavy atom. The number of hydrogen-bond acceptors (Lipinski definition) is 3. The predicted molar refractivity (Wildman–Crippen MR) is 75.8 cm³/mol. The summed E-state index contributed by atoms with van der Waals surface area (Å²) in [6.07, 6.45) is 0. The lowest BCUT2D eigenvalue weighted by atomic mass is 10.1. The van der Waals surface area contributed by atoms with Crippen molar-refractivity contribution >= 4 is 34.9 Å². The number of carboxylic acid groups (broad SMARTS) is 1. The Morgan fingerprint density at radius 3 is 2.58 bits per heavy atom. The number of carboxylic acids is 1. The first-order chi connectivity index (χ1) is 8.90. The zero-order chi connectivity index (χ0) is 14.2. The number of nitrogen functional groups attached to an aromatic ring is 1. The standard InChI is InChI=1S/C13H10Cl2N2O2/c1-6-4-7(2-3-8(6)14)10-5-9(16)11(15)12(17-10)13(18)19/h2-5H,1H3,(H2,16,17)(H,18,19). The van der Waals surface area contributed by atoms with Crippen LogP contribution in [0.4, 0.5) is 5.69 Å². The first-order valence-corrected chi connectivity index (χ1v) is 6.11. The Morgan fingerprint density at radius 1 is 1.32 bits per heavy atom. The second-order valence-electron chi connectivity index (χ2n) is 4.03. The number of aryl methyl sites for hydroxylation is 1. The van der Waals surface area contributed by atoms with E-state index in [0.717, 1.165) is 11.1 Å². The van der Waals surface area contributed by atoms with Crippen LogP contribution >= 0.6 is 23.2 Å². The molecule has 0 atom stereocenters. The van der Waals surface area contributed by atoms with Crippen molar-refractivity contribution in [2.45, 2.75) is 6.92 Å². The van der Waals surface area contributed by atoms with Crippen LogP contribution in [0.25, 0.3) is 11.3 Å². The van der Waals surface area contributed by atoms with E-state index >= 15 is 0 Å². The van der Waals surface area contributed by atoms with Gasteiger partial charge in [0.25, 0.3) is 0 Å². The number of nitrogens with zero attached hydrogens (tertiary/aromatic N) is 1. The topological polar surface area (TPSA) is 76.2 Å². The highest BCUT2D eigenvalue weighted by atomic mass is 35.5. The summed E-state index contributed by atoms with van der Waals surface area (Å²) in [5.41, 5.74) is 7.66. The lowest BCUT2D eigenvalue weighted by molar-refractivity contribution is 0.0691. The molecule has 1 aromatic carbocycles. The molecule has 0 aliphatic heterocycles. The fourth-order valence-electron chi connectivity index (χ4n) is 1.64. The summed E-state index contributed by atoms with van der Waals surface area (Å²) in [6.45, 7) is 1.85. The van der Waals surface area contributed by atoms with Crippen molar-refractivity contribution in [2.75, 3.05) is 5.73 Å². The maximum atomic E-state index is 11.1. The average Bonchev–Trinajstić information content (AvgIpc) is 2.35. The van der Waals surface area contributed by atoms with Gasteiger partial charge in [0.2, 0.25) is 0 Å². The van der Waals surface area contributed by atoms with E-state index in [1.807, 2.05) is 13.0 Å². The van der Waals surface area contributed by atoms with E-state index in [4.69, 9.17) is 34.0 Å². The Labute approximate surface area is 119 Å². The molecule has 0 bridgehead atoms. The molecular formula is C13H10Cl2N2O2. The van der Waals surface area contributed by atoms with E-state index in [1.54, 1.807) is 12.1 Å². The summed E-state index contributed by atoms with van der Waals surface area (Å²) in [4.78, 5) is 15.1. The number of hydrogen-bond donors (Lipinski definition) is 2. The molecule has 0 aliphatic carbocycles. The lowest BCUT2D eigenvalue weighted by Crippen LogP contribution is -2.05. The van der Waals surface area contributed by atoms with Gasteiger partial charge in [0.05, 0.1) is 16.4 Å². The molecule has 3 N–H and O–H groups in total. The van der Waals surface area contributed by atoms with Gasteiger partial charge >= 0.3 is 5.97 Å². The quantitative estimate of drug-likeness (QED) is 0.887. The number of anilines is 1. The molecule has 0 fully saturated rings. The van der Waals surface area contributed by atoms with Gasteiger partial charge in [-0.3, -0.25) is 0 Å². The zero-order valence-corrected chi connectivity index (χ0v) is 11.5. The minimum atomic E-state index is -1.22. The van der Waals surface area contributed by atoms with Gasteiger partial charge in [-0.25, -0.2) is 9.78 Å². The Kier molecular flexibility index (Phi) is 3.64. The van der Waals surface area contributed by atoms with Crippen LogP contribution in [0.3, 0.4) is 0 Å². The minimum Gasteiger partial charge on any atom is -0.476 e. The fraction of sp³-hybridized carbons (Fsp3) is 0.0769. The van der Waals surface area contributed by atoms with Crippen molar-refractivity contribution in [2.24, 2.45) is 0 Å². The second kappa shape index (κ2) is 5.07. The van der Waals surface area contributed by atoms with Crippen molar-refractivity contribution in [3.63, 3.8) is 0 Å². The Hall–Kier alpha value is -1.78. The highest BCUT2D eigenvalue weighted by molar-refractivity contribution is 6.35. The molecule has 2 aromatic rings. The first-order valence-electron chi connectivity index (χ1n) is 5.36. The van der Waals surface area contributed by atoms with Gasteiger partial charge in [-0.15, -0.1) is 0 Å². The van der Waals surface area contributed by atoms with Crippen molar-refractivity contribution in [3.05, 3.63) is 45.6 Å². The zero-order valence-electron chi connectivity index (χ0n) is 9.95. The second-order valence-corrected chi connectivity index (χ2v) is 4.81. The van der Waals surface area contributed by atoms with Gasteiger partial charge in [-0.05, 0) is 30.7 Å². The van der Waals surface area contributed by atoms with Crippen LogP contribution in [0.5, 0.6) is 0 Å². The lowest BCUT2D eigenvalue weighted by Gasteiger charge is -2.08. The number of aromatic carboxylic acids is 1. The number of pyridine rings is 1. The van der Waals surface area contributed by atoms with Gasteiger partial charge in [0.1, 0.15) is 0 Å². The van der Waals surface area contributed by atoms with Crippen LogP contribution in [0.15, 0.2) is 24.3 Å². The third-order valence-electron chi connectivity index (χ3n) is 2.64. The predicted octanol–water partition coefficient (Wildman–Crippen LogP) is 3.64. The van der Waals surface area contributed by atoms with Crippen molar-refractivity contribution in [1.82, 2.24) is 4.98 Å². The van der Waals surface area contributed by atoms with E-state index in [-0.39, 0.29) is 16.4 Å². The number of nitrogens with two attached hydrogens (primary N) is 1. The number of halogens is 2. The molecule has 4 nitrogen and oxygen atoms in total. The van der Waals surface area contributed by atoms with Crippen LogP contribution in [0.2, 0.25) is 10.0 Å². The van der Waals surface area contributed by atoms with Gasteiger partial charge in [0.15, 0.2) is 5.69 Å². The van der Waals surface area contributed by atoms with Crippen LogP contribution in [0, 0.1) is 6.92 Å². The normalized spacial score (nSPS) is 10.5. The maximum absolute atomic E-state index is 11.1. The molecule has 2 rings (SSSR count). The molecule has 0 amide bonds. The maximum Gasteiger partial charge on any atom is 0.356 e. The van der Waals surface area contributed by atoms with Crippen molar-refractivity contribution < 1.29 is 9.90 Å². The Bertz CT molecular complexity index is 672. The van der Waals surface area contributed by atoms with E-state index in [9.17, 15) is 4.79 Å². The number of rotatable bonds is 2. The van der Waals surface area contributed by atoms with Gasteiger partial charge < -0.3 is 10.8 Å². The molecule has 0 saturated heterocycles. The van der Waals surface area contributed by atoms with Gasteiger partial charge in [-0.1, -0.05) is 29.3 Å². The molecule has 0 unspecified atom stereocenters. The summed E-state index contributed by atoms with van der Waals surface area (Å²) < 4.78 is 0. The summed E-state index contributed by atoms with van der Waals surface area (Å²) in [5, 5.41) is 9.61. The number of aromatic nitrogens is 1. The molecule has 19 heavy (non-hydrogen) atoms. The molecule has 98 valence electrons. The number of carbonyl (C=O) groups is 1. The smallest absolute Gasteiger partial charge is 0.356 e. The molecule has 0 radical (unpaired) electrons. The first kappa shape index (κ1) is 13.6. The summed E-state index contributed by atoms with van der Waals surface area (Å²) in [5.74, 6) is -1.22. The molecule has 0 spiro atoms. The fourth-order valence-corrected chi connectivity index (χ4v) is 1.94. The molecule has 6 heteroatoms. The van der Waals surface area contributed by atoms with E-state index < -0.39 is 5.97 Å². The summed E-state index contributed by atoms with van der Waals surface area (Å²) in [7, 11) is 0. The van der Waals surface area contributed by atoms with Crippen LogP contribution in [-0.2, 0) is 0 Å². The molecule has 1 heterocycles. The third-order valence-corrected chi connectivity index (χ3v) is 3.46. The molecule has 0 aliphatic rings. The van der Waals surface area contributed by atoms with Crippen molar-refractivity contribution in [3.8, 4) is 11.3 Å². The minimum absolute atomic E-state index is 0.0538. The molecular weight excluding hydrogens is 287 g/mol. The Balaban J connectivity index is 2.62. The van der Waals surface area contributed by atoms with Crippen molar-refractivity contribution in [1.29, 1.82) is 0 Å². The average molecular weight is 297 g/mol. The van der Waals surface area contributed by atoms with Crippen LogP contribution in [0.1, 0.15) is 16.1 Å². The third kappa shape index (κ3) is 2.64.